The molecule has 2 aliphatic heterocycles. The minimum atomic E-state index is 0.307. The highest BCUT2D eigenvalue weighted by atomic mass is 16.6. The first-order valence-electron chi connectivity index (χ1n) is 8.66. The SMILES string of the molecule is COc1cc(CN2CCNCC2c2cccnc2)cc2c1OCCO2. The number of methoxy groups -OCH3 is 1. The number of piperazine rings is 1. The van der Waals surface area contributed by atoms with Crippen LogP contribution in [0.4, 0.5) is 0 Å². The first-order chi connectivity index (χ1) is 12.3. The predicted molar refractivity (Wildman–Crippen MR) is 94.2 cm³/mol. The van der Waals surface area contributed by atoms with Crippen LogP contribution < -0.4 is 19.5 Å². The molecule has 0 saturated carbocycles. The minimum Gasteiger partial charge on any atom is -0.493 e. The molecule has 3 heterocycles. The molecule has 0 aliphatic carbocycles. The molecule has 1 atom stereocenters. The van der Waals surface area contributed by atoms with Gasteiger partial charge in [-0.2, -0.15) is 0 Å². The third kappa shape index (κ3) is 3.41. The van der Waals surface area contributed by atoms with Crippen LogP contribution in [0.2, 0.25) is 0 Å². The third-order valence-electron chi connectivity index (χ3n) is 4.70. The van der Waals surface area contributed by atoms with Crippen molar-refractivity contribution in [2.45, 2.75) is 12.6 Å². The number of fused-ring (bicyclic) bond motifs is 1. The molecule has 2 aromatic rings. The molecular weight excluding hydrogens is 318 g/mol. The number of rotatable bonds is 4. The molecule has 6 nitrogen and oxygen atoms in total. The lowest BCUT2D eigenvalue weighted by Gasteiger charge is -2.36. The summed E-state index contributed by atoms with van der Waals surface area (Å²) in [6, 6.07) is 8.56. The Bertz CT molecular complexity index is 706. The van der Waals surface area contributed by atoms with E-state index in [1.807, 2.05) is 18.5 Å². The molecule has 0 bridgehead atoms. The van der Waals surface area contributed by atoms with Crippen LogP contribution in [-0.4, -0.2) is 49.8 Å². The summed E-state index contributed by atoms with van der Waals surface area (Å²) in [7, 11) is 1.67. The van der Waals surface area contributed by atoms with Crippen molar-refractivity contribution in [1.29, 1.82) is 0 Å². The summed E-state index contributed by atoms with van der Waals surface area (Å²) in [6.45, 7) is 4.85. The second kappa shape index (κ2) is 7.29. The van der Waals surface area contributed by atoms with Crippen molar-refractivity contribution in [2.24, 2.45) is 0 Å². The Hall–Kier alpha value is -2.31. The van der Waals surface area contributed by atoms with Gasteiger partial charge in [0, 0.05) is 44.6 Å². The molecule has 1 unspecified atom stereocenters. The summed E-state index contributed by atoms with van der Waals surface area (Å²) < 4.78 is 17.0. The fourth-order valence-electron chi connectivity index (χ4n) is 3.49. The van der Waals surface area contributed by atoms with E-state index in [-0.39, 0.29) is 0 Å². The molecule has 1 N–H and O–H groups in total. The minimum absolute atomic E-state index is 0.307. The quantitative estimate of drug-likeness (QED) is 0.918. The molecule has 2 aliphatic rings. The van der Waals surface area contributed by atoms with Crippen LogP contribution in [0, 0.1) is 0 Å². The second-order valence-corrected chi connectivity index (χ2v) is 6.30. The van der Waals surface area contributed by atoms with Gasteiger partial charge in [0.25, 0.3) is 0 Å². The summed E-state index contributed by atoms with van der Waals surface area (Å²) in [6.07, 6.45) is 3.77. The third-order valence-corrected chi connectivity index (χ3v) is 4.70. The first kappa shape index (κ1) is 16.2. The average molecular weight is 341 g/mol. The molecular formula is C19H23N3O3. The van der Waals surface area contributed by atoms with Crippen molar-refractivity contribution in [3.05, 3.63) is 47.8 Å². The predicted octanol–water partition coefficient (Wildman–Crippen LogP) is 2.01. The Kier molecular flexibility index (Phi) is 4.72. The van der Waals surface area contributed by atoms with Gasteiger partial charge < -0.3 is 19.5 Å². The van der Waals surface area contributed by atoms with E-state index in [1.54, 1.807) is 7.11 Å². The molecule has 1 saturated heterocycles. The van der Waals surface area contributed by atoms with Crippen molar-refractivity contribution in [3.63, 3.8) is 0 Å². The molecule has 4 rings (SSSR count). The lowest BCUT2D eigenvalue weighted by Crippen LogP contribution is -2.45. The van der Waals surface area contributed by atoms with E-state index >= 15 is 0 Å². The number of benzene rings is 1. The Labute approximate surface area is 147 Å². The highest BCUT2D eigenvalue weighted by molar-refractivity contribution is 5.54. The van der Waals surface area contributed by atoms with E-state index in [2.05, 4.69) is 33.4 Å². The molecule has 1 fully saturated rings. The number of hydrogen-bond acceptors (Lipinski definition) is 6. The van der Waals surface area contributed by atoms with E-state index < -0.39 is 0 Å². The molecule has 0 radical (unpaired) electrons. The van der Waals surface area contributed by atoms with Crippen molar-refractivity contribution in [2.75, 3.05) is 40.0 Å². The summed E-state index contributed by atoms with van der Waals surface area (Å²) in [5.74, 6) is 2.22. The van der Waals surface area contributed by atoms with Gasteiger partial charge in [-0.25, -0.2) is 0 Å². The van der Waals surface area contributed by atoms with Crippen molar-refractivity contribution in [1.82, 2.24) is 15.2 Å². The Morgan fingerprint density at radius 1 is 1.32 bits per heavy atom. The zero-order valence-electron chi connectivity index (χ0n) is 14.4. The van der Waals surface area contributed by atoms with Crippen LogP contribution in [-0.2, 0) is 6.54 Å². The van der Waals surface area contributed by atoms with Gasteiger partial charge >= 0.3 is 0 Å². The Balaban J connectivity index is 1.59. The highest BCUT2D eigenvalue weighted by Crippen LogP contribution is 2.41. The van der Waals surface area contributed by atoms with Crippen LogP contribution in [0.25, 0.3) is 0 Å². The largest absolute Gasteiger partial charge is 0.493 e. The number of ether oxygens (including phenoxy) is 3. The van der Waals surface area contributed by atoms with Crippen molar-refractivity contribution in [3.8, 4) is 17.2 Å². The Morgan fingerprint density at radius 2 is 2.24 bits per heavy atom. The van der Waals surface area contributed by atoms with Gasteiger partial charge in [0.05, 0.1) is 7.11 Å². The maximum atomic E-state index is 5.76. The van der Waals surface area contributed by atoms with Gasteiger partial charge in [0.2, 0.25) is 5.75 Å². The van der Waals surface area contributed by atoms with E-state index in [1.165, 1.54) is 5.56 Å². The molecule has 0 spiro atoms. The number of aromatic nitrogens is 1. The van der Waals surface area contributed by atoms with Crippen molar-refractivity contribution < 1.29 is 14.2 Å². The average Bonchev–Trinajstić information content (AvgIpc) is 2.68. The van der Waals surface area contributed by atoms with Gasteiger partial charge in [-0.1, -0.05) is 6.07 Å². The van der Waals surface area contributed by atoms with Crippen LogP contribution in [0.15, 0.2) is 36.7 Å². The van der Waals surface area contributed by atoms with Crippen LogP contribution in [0.5, 0.6) is 17.2 Å². The highest BCUT2D eigenvalue weighted by Gasteiger charge is 2.25. The zero-order chi connectivity index (χ0) is 17.1. The smallest absolute Gasteiger partial charge is 0.203 e. The standard InChI is InChI=1S/C19H23N3O3/c1-23-17-9-14(10-18-19(17)25-8-7-24-18)13-22-6-5-21-12-16(22)15-3-2-4-20-11-15/h2-4,9-11,16,21H,5-8,12-13H2,1H3. The summed E-state index contributed by atoms with van der Waals surface area (Å²) >= 11 is 0. The van der Waals surface area contributed by atoms with Gasteiger partial charge in [0.1, 0.15) is 13.2 Å². The monoisotopic (exact) mass is 341 g/mol. The number of hydrogen-bond donors (Lipinski definition) is 1. The molecule has 6 heteroatoms. The normalized spacial score (nSPS) is 20.3. The van der Waals surface area contributed by atoms with Gasteiger partial charge in [-0.15, -0.1) is 0 Å². The molecule has 0 amide bonds. The van der Waals surface area contributed by atoms with E-state index in [0.29, 0.717) is 25.0 Å². The fourth-order valence-corrected chi connectivity index (χ4v) is 3.49. The summed E-state index contributed by atoms with van der Waals surface area (Å²) in [5, 5.41) is 3.48. The van der Waals surface area contributed by atoms with E-state index in [9.17, 15) is 0 Å². The lowest BCUT2D eigenvalue weighted by molar-refractivity contribution is 0.150. The maximum absolute atomic E-state index is 5.76. The zero-order valence-corrected chi connectivity index (χ0v) is 14.4. The van der Waals surface area contributed by atoms with Crippen LogP contribution >= 0.6 is 0 Å². The maximum Gasteiger partial charge on any atom is 0.203 e. The van der Waals surface area contributed by atoms with Crippen molar-refractivity contribution >= 4 is 0 Å². The molecule has 132 valence electrons. The molecule has 1 aromatic carbocycles. The topological polar surface area (TPSA) is 55.9 Å². The summed E-state index contributed by atoms with van der Waals surface area (Å²) in [4.78, 5) is 6.75. The van der Waals surface area contributed by atoms with E-state index in [0.717, 1.165) is 43.2 Å². The first-order valence-corrected chi connectivity index (χ1v) is 8.66. The second-order valence-electron chi connectivity index (χ2n) is 6.30. The van der Waals surface area contributed by atoms with Gasteiger partial charge in [-0.3, -0.25) is 9.88 Å². The summed E-state index contributed by atoms with van der Waals surface area (Å²) in [5.41, 5.74) is 2.40. The van der Waals surface area contributed by atoms with E-state index in [4.69, 9.17) is 14.2 Å². The van der Waals surface area contributed by atoms with Gasteiger partial charge in [-0.05, 0) is 29.3 Å². The van der Waals surface area contributed by atoms with Crippen LogP contribution in [0.1, 0.15) is 17.2 Å². The Morgan fingerprint density at radius 3 is 3.08 bits per heavy atom. The number of nitrogens with zero attached hydrogens (tertiary/aromatic N) is 2. The van der Waals surface area contributed by atoms with Crippen LogP contribution in [0.3, 0.4) is 0 Å². The number of nitrogens with one attached hydrogen (secondary N) is 1. The molecule has 25 heavy (non-hydrogen) atoms. The number of pyridine rings is 1. The molecule has 1 aromatic heterocycles. The fraction of sp³-hybridized carbons (Fsp3) is 0.421. The van der Waals surface area contributed by atoms with Gasteiger partial charge in [0.15, 0.2) is 11.5 Å². The lowest BCUT2D eigenvalue weighted by atomic mass is 10.0.